The molecule has 0 bridgehead atoms. The predicted octanol–water partition coefficient (Wildman–Crippen LogP) is 1.51. The summed E-state index contributed by atoms with van der Waals surface area (Å²) in [6, 6.07) is 0.324. The van der Waals surface area contributed by atoms with Crippen LogP contribution in [0, 0.1) is 0 Å². The molecule has 0 aliphatic carbocycles. The Labute approximate surface area is 140 Å². The molecule has 1 N–H and O–H groups in total. The van der Waals surface area contributed by atoms with Crippen LogP contribution in [-0.2, 0) is 9.59 Å². The maximum absolute atomic E-state index is 12.4. The van der Waals surface area contributed by atoms with Crippen LogP contribution in [0.25, 0.3) is 0 Å². The molecule has 0 aromatic heterocycles. The molecule has 0 spiro atoms. The van der Waals surface area contributed by atoms with E-state index in [4.69, 9.17) is 5.11 Å². The largest absolute Gasteiger partial charge is 0.480 e. The van der Waals surface area contributed by atoms with Crippen LogP contribution in [0.3, 0.4) is 0 Å². The molecule has 0 atom stereocenters. The number of likely N-dealkylation sites (N-methyl/N-ethyl adjacent to an activating group) is 1. The van der Waals surface area contributed by atoms with E-state index < -0.39 is 5.97 Å². The molecular weight excluding hydrogens is 294 g/mol. The number of rotatable bonds is 10. The predicted molar refractivity (Wildman–Crippen MR) is 91.5 cm³/mol. The summed E-state index contributed by atoms with van der Waals surface area (Å²) in [6.07, 6.45) is 3.87. The number of aliphatic carboxylic acids is 1. The number of carboxylic acid groups (broad SMARTS) is 1. The molecule has 1 aliphatic heterocycles. The minimum absolute atomic E-state index is 0.112. The Balaban J connectivity index is 2.43. The van der Waals surface area contributed by atoms with Crippen molar-refractivity contribution in [1.29, 1.82) is 0 Å². The SMILES string of the molecule is CCCN(CCC)C(=O)CN1CCC(N(CC)CC(=O)O)CC1. The summed E-state index contributed by atoms with van der Waals surface area (Å²) in [6.45, 7) is 11.0. The first-order chi connectivity index (χ1) is 11.0. The van der Waals surface area contributed by atoms with Crippen LogP contribution in [0.4, 0.5) is 0 Å². The molecule has 1 rings (SSSR count). The van der Waals surface area contributed by atoms with Crippen molar-refractivity contribution in [2.45, 2.75) is 52.5 Å². The highest BCUT2D eigenvalue weighted by Gasteiger charge is 2.26. The highest BCUT2D eigenvalue weighted by Crippen LogP contribution is 2.16. The van der Waals surface area contributed by atoms with Gasteiger partial charge in [0, 0.05) is 32.2 Å². The van der Waals surface area contributed by atoms with E-state index >= 15 is 0 Å². The van der Waals surface area contributed by atoms with Crippen LogP contribution in [0.1, 0.15) is 46.5 Å². The van der Waals surface area contributed by atoms with Crippen LogP contribution in [0.5, 0.6) is 0 Å². The Morgan fingerprint density at radius 2 is 1.65 bits per heavy atom. The topological polar surface area (TPSA) is 64.1 Å². The summed E-state index contributed by atoms with van der Waals surface area (Å²) in [4.78, 5) is 29.5. The summed E-state index contributed by atoms with van der Waals surface area (Å²) >= 11 is 0. The van der Waals surface area contributed by atoms with E-state index in [9.17, 15) is 9.59 Å². The smallest absolute Gasteiger partial charge is 0.317 e. The summed E-state index contributed by atoms with van der Waals surface area (Å²) in [7, 11) is 0. The number of hydrogen-bond donors (Lipinski definition) is 1. The molecule has 1 amide bonds. The number of hydrogen-bond acceptors (Lipinski definition) is 4. The standard InChI is InChI=1S/C17H33N3O3/c1-4-9-20(10-5-2)16(21)13-18-11-7-15(8-12-18)19(6-3)14-17(22)23/h15H,4-14H2,1-3H3,(H,22,23). The van der Waals surface area contributed by atoms with Crippen molar-refractivity contribution in [3.8, 4) is 0 Å². The van der Waals surface area contributed by atoms with Gasteiger partial charge in [-0.3, -0.25) is 19.4 Å². The monoisotopic (exact) mass is 327 g/mol. The van der Waals surface area contributed by atoms with Crippen LogP contribution in [0.2, 0.25) is 0 Å². The first-order valence-corrected chi connectivity index (χ1v) is 8.97. The zero-order chi connectivity index (χ0) is 17.2. The number of amides is 1. The molecule has 6 nitrogen and oxygen atoms in total. The fourth-order valence-electron chi connectivity index (χ4n) is 3.31. The molecule has 6 heteroatoms. The molecule has 0 radical (unpaired) electrons. The molecule has 0 aromatic carbocycles. The molecule has 134 valence electrons. The van der Waals surface area contributed by atoms with Gasteiger partial charge in [0.15, 0.2) is 0 Å². The molecule has 0 saturated carbocycles. The normalized spacial score (nSPS) is 16.7. The van der Waals surface area contributed by atoms with Gasteiger partial charge in [0.1, 0.15) is 0 Å². The van der Waals surface area contributed by atoms with E-state index in [1.807, 2.05) is 16.7 Å². The Morgan fingerprint density at radius 1 is 1.09 bits per heavy atom. The third-order valence-electron chi connectivity index (χ3n) is 4.52. The molecule has 1 saturated heterocycles. The zero-order valence-corrected chi connectivity index (χ0v) is 15.0. The minimum atomic E-state index is -0.765. The van der Waals surface area contributed by atoms with E-state index in [1.54, 1.807) is 0 Å². The second-order valence-corrected chi connectivity index (χ2v) is 6.34. The minimum Gasteiger partial charge on any atom is -0.480 e. The Bertz CT molecular complexity index is 362. The van der Waals surface area contributed by atoms with Crippen molar-refractivity contribution < 1.29 is 14.7 Å². The van der Waals surface area contributed by atoms with Crippen LogP contribution in [0.15, 0.2) is 0 Å². The van der Waals surface area contributed by atoms with Crippen LogP contribution in [-0.4, -0.2) is 83.5 Å². The molecule has 1 heterocycles. The first-order valence-electron chi connectivity index (χ1n) is 8.97. The molecule has 0 unspecified atom stereocenters. The van der Waals surface area contributed by atoms with Crippen LogP contribution >= 0.6 is 0 Å². The molecule has 23 heavy (non-hydrogen) atoms. The average molecular weight is 327 g/mol. The lowest BCUT2D eigenvalue weighted by atomic mass is 10.0. The van der Waals surface area contributed by atoms with Crippen molar-refractivity contribution >= 4 is 11.9 Å². The van der Waals surface area contributed by atoms with Gasteiger partial charge in [-0.1, -0.05) is 20.8 Å². The van der Waals surface area contributed by atoms with E-state index in [2.05, 4.69) is 18.7 Å². The highest BCUT2D eigenvalue weighted by atomic mass is 16.4. The zero-order valence-electron chi connectivity index (χ0n) is 15.0. The molecule has 1 fully saturated rings. The second kappa shape index (κ2) is 10.6. The lowest BCUT2D eigenvalue weighted by molar-refractivity contribution is -0.139. The van der Waals surface area contributed by atoms with Crippen molar-refractivity contribution in [3.05, 3.63) is 0 Å². The fraction of sp³-hybridized carbons (Fsp3) is 0.882. The molecule has 1 aliphatic rings. The Kier molecular flexibility index (Phi) is 9.17. The highest BCUT2D eigenvalue weighted by molar-refractivity contribution is 5.78. The third-order valence-corrected chi connectivity index (χ3v) is 4.52. The summed E-state index contributed by atoms with van der Waals surface area (Å²) in [5.74, 6) is -0.538. The van der Waals surface area contributed by atoms with E-state index in [1.165, 1.54) is 0 Å². The first kappa shape index (κ1) is 19.9. The fourth-order valence-corrected chi connectivity index (χ4v) is 3.31. The lowest BCUT2D eigenvalue weighted by Gasteiger charge is -2.37. The number of piperidine rings is 1. The number of carbonyl (C=O) groups excluding carboxylic acids is 1. The molecular formula is C17H33N3O3. The van der Waals surface area contributed by atoms with Gasteiger partial charge >= 0.3 is 5.97 Å². The summed E-state index contributed by atoms with van der Waals surface area (Å²) in [5, 5.41) is 8.98. The van der Waals surface area contributed by atoms with E-state index in [-0.39, 0.29) is 12.5 Å². The van der Waals surface area contributed by atoms with Gasteiger partial charge in [-0.2, -0.15) is 0 Å². The number of likely N-dealkylation sites (tertiary alicyclic amines) is 1. The van der Waals surface area contributed by atoms with Crippen molar-refractivity contribution in [1.82, 2.24) is 14.7 Å². The van der Waals surface area contributed by atoms with Gasteiger partial charge in [0.2, 0.25) is 5.91 Å². The quantitative estimate of drug-likeness (QED) is 0.659. The van der Waals surface area contributed by atoms with Crippen molar-refractivity contribution in [2.24, 2.45) is 0 Å². The second-order valence-electron chi connectivity index (χ2n) is 6.34. The third kappa shape index (κ3) is 6.87. The number of carbonyl (C=O) groups is 2. The molecule has 0 aromatic rings. The van der Waals surface area contributed by atoms with Gasteiger partial charge in [-0.05, 0) is 32.2 Å². The average Bonchev–Trinajstić information content (AvgIpc) is 2.53. The van der Waals surface area contributed by atoms with E-state index in [0.717, 1.165) is 58.4 Å². The lowest BCUT2D eigenvalue weighted by Crippen LogP contribution is -2.49. The van der Waals surface area contributed by atoms with Gasteiger partial charge < -0.3 is 10.0 Å². The van der Waals surface area contributed by atoms with Crippen molar-refractivity contribution in [3.63, 3.8) is 0 Å². The van der Waals surface area contributed by atoms with Crippen LogP contribution < -0.4 is 0 Å². The summed E-state index contributed by atoms with van der Waals surface area (Å²) < 4.78 is 0. The maximum Gasteiger partial charge on any atom is 0.317 e. The van der Waals surface area contributed by atoms with Gasteiger partial charge in [-0.15, -0.1) is 0 Å². The van der Waals surface area contributed by atoms with Crippen molar-refractivity contribution in [2.75, 3.05) is 45.8 Å². The Morgan fingerprint density at radius 3 is 2.09 bits per heavy atom. The number of nitrogens with zero attached hydrogens (tertiary/aromatic N) is 3. The number of carboxylic acids is 1. The van der Waals surface area contributed by atoms with Gasteiger partial charge in [0.05, 0.1) is 13.1 Å². The van der Waals surface area contributed by atoms with Gasteiger partial charge in [0.25, 0.3) is 0 Å². The maximum atomic E-state index is 12.4. The summed E-state index contributed by atoms with van der Waals surface area (Å²) in [5.41, 5.74) is 0. The Hall–Kier alpha value is -1.14. The van der Waals surface area contributed by atoms with E-state index in [0.29, 0.717) is 12.6 Å². The van der Waals surface area contributed by atoms with Gasteiger partial charge in [-0.25, -0.2) is 0 Å².